The highest BCUT2D eigenvalue weighted by Gasteiger charge is 2.31. The molecule has 1 aliphatic rings. The Hall–Kier alpha value is -2.70. The number of nitrogens with zero attached hydrogens (tertiary/aromatic N) is 1. The van der Waals surface area contributed by atoms with Crippen LogP contribution in [0.25, 0.3) is 10.9 Å². The zero-order chi connectivity index (χ0) is 17.3. The molecule has 2 aromatic rings. The number of likely N-dealkylation sites (tertiary alicyclic amines) is 1. The third kappa shape index (κ3) is 3.02. The van der Waals surface area contributed by atoms with Gasteiger partial charge in [-0.05, 0) is 31.5 Å². The van der Waals surface area contributed by atoms with Crippen LogP contribution in [0.4, 0.5) is 4.39 Å². The highest BCUT2D eigenvalue weighted by Crippen LogP contribution is 2.22. The van der Waals surface area contributed by atoms with Crippen molar-refractivity contribution in [2.45, 2.75) is 13.3 Å². The molecule has 6 nitrogen and oxygen atoms in total. The molecule has 0 radical (unpaired) electrons. The highest BCUT2D eigenvalue weighted by atomic mass is 19.1. The monoisotopic (exact) mass is 331 g/mol. The highest BCUT2D eigenvalue weighted by molar-refractivity contribution is 6.06. The Morgan fingerprint density at radius 1 is 1.38 bits per heavy atom. The van der Waals surface area contributed by atoms with Crippen LogP contribution in [0.2, 0.25) is 0 Å². The summed E-state index contributed by atoms with van der Waals surface area (Å²) in [6.07, 6.45) is 0.591. The summed E-state index contributed by atoms with van der Waals surface area (Å²) >= 11 is 0. The first kappa shape index (κ1) is 16.2. The number of hydrogen-bond donors (Lipinski definition) is 2. The van der Waals surface area contributed by atoms with Crippen LogP contribution in [0.5, 0.6) is 0 Å². The average Bonchev–Trinajstić information content (AvgIpc) is 3.03. The second-order valence-electron chi connectivity index (χ2n) is 5.87. The fraction of sp³-hybridized carbons (Fsp3) is 0.353. The van der Waals surface area contributed by atoms with E-state index >= 15 is 0 Å². The van der Waals surface area contributed by atoms with Crippen molar-refractivity contribution in [3.8, 4) is 0 Å². The first-order chi connectivity index (χ1) is 11.5. The molecule has 24 heavy (non-hydrogen) atoms. The van der Waals surface area contributed by atoms with E-state index in [0.29, 0.717) is 31.4 Å². The van der Waals surface area contributed by atoms with Gasteiger partial charge in [0.2, 0.25) is 11.5 Å². The van der Waals surface area contributed by atoms with Crippen molar-refractivity contribution in [3.63, 3.8) is 0 Å². The molecule has 1 unspecified atom stereocenters. The van der Waals surface area contributed by atoms with Crippen molar-refractivity contribution in [1.29, 1.82) is 0 Å². The summed E-state index contributed by atoms with van der Waals surface area (Å²) < 4.78 is 13.4. The Labute approximate surface area is 137 Å². The van der Waals surface area contributed by atoms with Crippen LogP contribution >= 0.6 is 0 Å². The molecule has 1 saturated heterocycles. The van der Waals surface area contributed by atoms with Crippen molar-refractivity contribution in [3.05, 3.63) is 46.0 Å². The lowest BCUT2D eigenvalue weighted by molar-refractivity contribution is -0.124. The number of aromatic amines is 1. The minimum atomic E-state index is -0.486. The van der Waals surface area contributed by atoms with Crippen molar-refractivity contribution in [2.24, 2.45) is 5.92 Å². The third-order valence-electron chi connectivity index (χ3n) is 4.23. The lowest BCUT2D eigenvalue weighted by Gasteiger charge is -2.17. The summed E-state index contributed by atoms with van der Waals surface area (Å²) in [7, 11) is 0. The van der Waals surface area contributed by atoms with E-state index in [1.807, 2.05) is 6.92 Å². The molecule has 2 heterocycles. The molecule has 126 valence electrons. The maximum atomic E-state index is 13.4. The largest absolute Gasteiger partial charge is 0.356 e. The molecule has 1 aromatic heterocycles. The van der Waals surface area contributed by atoms with Gasteiger partial charge in [-0.3, -0.25) is 14.4 Å². The summed E-state index contributed by atoms with van der Waals surface area (Å²) in [5.41, 5.74) is 0.0477. The van der Waals surface area contributed by atoms with Crippen LogP contribution in [0.3, 0.4) is 0 Å². The zero-order valence-electron chi connectivity index (χ0n) is 13.3. The van der Waals surface area contributed by atoms with Crippen LogP contribution in [-0.2, 0) is 4.79 Å². The second-order valence-corrected chi connectivity index (χ2v) is 5.87. The summed E-state index contributed by atoms with van der Waals surface area (Å²) in [4.78, 5) is 40.6. The predicted octanol–water partition coefficient (Wildman–Crippen LogP) is 1.27. The number of amides is 2. The quantitative estimate of drug-likeness (QED) is 0.888. The van der Waals surface area contributed by atoms with E-state index < -0.39 is 11.4 Å². The summed E-state index contributed by atoms with van der Waals surface area (Å²) in [6.45, 7) is 3.17. The first-order valence-corrected chi connectivity index (χ1v) is 7.89. The molecule has 0 saturated carbocycles. The SMILES string of the molecule is CCNC(=O)C1CCN(C(=O)c2cc(=O)[nH]c3cc(F)ccc23)C1. The number of halogens is 1. The molecule has 0 spiro atoms. The van der Waals surface area contributed by atoms with Crippen LogP contribution in [-0.4, -0.2) is 41.3 Å². The summed E-state index contributed by atoms with van der Waals surface area (Å²) in [5, 5.41) is 3.25. The van der Waals surface area contributed by atoms with Gasteiger partial charge in [-0.2, -0.15) is 0 Å². The molecule has 7 heteroatoms. The van der Waals surface area contributed by atoms with E-state index in [9.17, 15) is 18.8 Å². The van der Waals surface area contributed by atoms with Gasteiger partial charge < -0.3 is 15.2 Å². The molecule has 0 aliphatic carbocycles. The first-order valence-electron chi connectivity index (χ1n) is 7.89. The van der Waals surface area contributed by atoms with Crippen molar-refractivity contribution >= 4 is 22.7 Å². The van der Waals surface area contributed by atoms with Gasteiger partial charge in [0.1, 0.15) is 5.82 Å². The van der Waals surface area contributed by atoms with Crippen molar-refractivity contribution in [2.75, 3.05) is 19.6 Å². The molecule has 1 aliphatic heterocycles. The van der Waals surface area contributed by atoms with Gasteiger partial charge in [-0.1, -0.05) is 0 Å². The van der Waals surface area contributed by atoms with Gasteiger partial charge in [0, 0.05) is 31.1 Å². The summed E-state index contributed by atoms with van der Waals surface area (Å²) in [6, 6.07) is 5.14. The maximum Gasteiger partial charge on any atom is 0.254 e. The van der Waals surface area contributed by atoms with Crippen LogP contribution in [0, 0.1) is 11.7 Å². The van der Waals surface area contributed by atoms with Gasteiger partial charge in [-0.15, -0.1) is 0 Å². The van der Waals surface area contributed by atoms with Crippen LogP contribution < -0.4 is 10.9 Å². The zero-order valence-corrected chi connectivity index (χ0v) is 13.3. The molecule has 0 bridgehead atoms. The van der Waals surface area contributed by atoms with E-state index in [1.165, 1.54) is 24.3 Å². The van der Waals surface area contributed by atoms with E-state index in [0.717, 1.165) is 0 Å². The Balaban J connectivity index is 1.90. The second kappa shape index (κ2) is 6.43. The average molecular weight is 331 g/mol. The van der Waals surface area contributed by atoms with Gasteiger partial charge in [0.25, 0.3) is 5.91 Å². The molecule has 3 rings (SSSR count). The molecule has 2 amide bonds. The van der Waals surface area contributed by atoms with Crippen LogP contribution in [0.1, 0.15) is 23.7 Å². The molecular weight excluding hydrogens is 313 g/mol. The normalized spacial score (nSPS) is 17.2. The number of benzene rings is 1. The topological polar surface area (TPSA) is 82.3 Å². The van der Waals surface area contributed by atoms with Gasteiger partial charge in [0.05, 0.1) is 17.0 Å². The van der Waals surface area contributed by atoms with Crippen molar-refractivity contribution < 1.29 is 14.0 Å². The number of pyridine rings is 1. The third-order valence-corrected chi connectivity index (χ3v) is 4.23. The molecule has 2 N–H and O–H groups in total. The fourth-order valence-corrected chi connectivity index (χ4v) is 3.06. The Morgan fingerprint density at radius 2 is 2.17 bits per heavy atom. The van der Waals surface area contributed by atoms with Crippen LogP contribution in [0.15, 0.2) is 29.1 Å². The molecule has 1 aromatic carbocycles. The van der Waals surface area contributed by atoms with E-state index in [-0.39, 0.29) is 28.8 Å². The van der Waals surface area contributed by atoms with Gasteiger partial charge >= 0.3 is 0 Å². The fourth-order valence-electron chi connectivity index (χ4n) is 3.06. The van der Waals surface area contributed by atoms with E-state index in [2.05, 4.69) is 10.3 Å². The molecular formula is C17H18FN3O3. The number of aromatic nitrogens is 1. The lowest BCUT2D eigenvalue weighted by atomic mass is 10.1. The predicted molar refractivity (Wildman–Crippen MR) is 87.2 cm³/mol. The van der Waals surface area contributed by atoms with Gasteiger partial charge in [-0.25, -0.2) is 4.39 Å². The van der Waals surface area contributed by atoms with E-state index in [1.54, 1.807) is 4.90 Å². The Bertz CT molecular complexity index is 862. The smallest absolute Gasteiger partial charge is 0.254 e. The molecule has 1 atom stereocenters. The number of fused-ring (bicyclic) bond motifs is 1. The number of carbonyl (C=O) groups excluding carboxylic acids is 2. The van der Waals surface area contributed by atoms with Crippen molar-refractivity contribution in [1.82, 2.24) is 15.2 Å². The standard InChI is InChI=1S/C17H18FN3O3/c1-2-19-16(23)10-5-6-21(9-10)17(24)13-8-15(22)20-14-7-11(18)3-4-12(13)14/h3-4,7-8,10H,2,5-6,9H2,1H3,(H,19,23)(H,20,22). The number of carbonyl (C=O) groups is 2. The molecule has 1 fully saturated rings. The summed E-state index contributed by atoms with van der Waals surface area (Å²) in [5.74, 6) is -1.10. The Kier molecular flexibility index (Phi) is 4.33. The minimum absolute atomic E-state index is 0.0642. The van der Waals surface area contributed by atoms with E-state index in [4.69, 9.17) is 0 Å². The number of H-pyrrole nitrogens is 1. The number of hydrogen-bond acceptors (Lipinski definition) is 3. The van der Waals surface area contributed by atoms with Gasteiger partial charge in [0.15, 0.2) is 0 Å². The lowest BCUT2D eigenvalue weighted by Crippen LogP contribution is -2.34. The number of rotatable bonds is 3. The number of nitrogens with one attached hydrogen (secondary N) is 2. The maximum absolute atomic E-state index is 13.4. The Morgan fingerprint density at radius 3 is 2.92 bits per heavy atom. The minimum Gasteiger partial charge on any atom is -0.356 e.